The zero-order valence-electron chi connectivity index (χ0n) is 11.1. The van der Waals surface area contributed by atoms with Gasteiger partial charge in [0.2, 0.25) is 0 Å². The second kappa shape index (κ2) is 6.18. The highest BCUT2D eigenvalue weighted by Crippen LogP contribution is 2.24. The number of aryl methyl sites for hydroxylation is 1. The molecule has 0 fully saturated rings. The molecule has 0 aliphatic heterocycles. The lowest BCUT2D eigenvalue weighted by Crippen LogP contribution is -2.19. The maximum Gasteiger partial charge on any atom is 0.123 e. The smallest absolute Gasteiger partial charge is 0.123 e. The number of hydrogen-bond donors (Lipinski definition) is 1. The van der Waals surface area contributed by atoms with Crippen molar-refractivity contribution in [1.29, 1.82) is 0 Å². The molecule has 0 heterocycles. The summed E-state index contributed by atoms with van der Waals surface area (Å²) in [6.45, 7) is 2.01. The zero-order chi connectivity index (χ0) is 13.8. The SMILES string of the molecule is CNC(Cc1ccc(C)cc1Cl)c1cccc(F)c1. The summed E-state index contributed by atoms with van der Waals surface area (Å²) < 4.78 is 13.3. The molecule has 0 saturated carbocycles. The van der Waals surface area contributed by atoms with E-state index in [1.165, 1.54) is 6.07 Å². The highest BCUT2D eigenvalue weighted by molar-refractivity contribution is 6.31. The average molecular weight is 278 g/mol. The molecule has 2 aromatic rings. The maximum absolute atomic E-state index is 13.3. The summed E-state index contributed by atoms with van der Waals surface area (Å²) in [5, 5.41) is 3.97. The molecular weight excluding hydrogens is 261 g/mol. The summed E-state index contributed by atoms with van der Waals surface area (Å²) >= 11 is 6.25. The van der Waals surface area contributed by atoms with Crippen molar-refractivity contribution in [1.82, 2.24) is 5.32 Å². The van der Waals surface area contributed by atoms with Gasteiger partial charge >= 0.3 is 0 Å². The van der Waals surface area contributed by atoms with E-state index in [0.717, 1.165) is 28.1 Å². The normalized spacial score (nSPS) is 12.4. The number of likely N-dealkylation sites (N-methyl/N-ethyl adjacent to an activating group) is 1. The molecule has 0 amide bonds. The van der Waals surface area contributed by atoms with Crippen LogP contribution >= 0.6 is 11.6 Å². The summed E-state index contributed by atoms with van der Waals surface area (Å²) in [5.41, 5.74) is 3.13. The van der Waals surface area contributed by atoms with Crippen LogP contribution in [0.1, 0.15) is 22.7 Å². The minimum atomic E-state index is -0.215. The third-order valence-corrected chi connectivity index (χ3v) is 3.58. The molecule has 0 aliphatic rings. The van der Waals surface area contributed by atoms with Gasteiger partial charge in [-0.2, -0.15) is 0 Å². The Hall–Kier alpha value is -1.38. The lowest BCUT2D eigenvalue weighted by molar-refractivity contribution is 0.577. The monoisotopic (exact) mass is 277 g/mol. The first-order chi connectivity index (χ1) is 9.10. The Bertz CT molecular complexity index is 568. The molecule has 0 saturated heterocycles. The van der Waals surface area contributed by atoms with Crippen LogP contribution in [0.3, 0.4) is 0 Å². The first-order valence-electron chi connectivity index (χ1n) is 6.28. The molecule has 0 bridgehead atoms. The van der Waals surface area contributed by atoms with E-state index in [9.17, 15) is 4.39 Å². The van der Waals surface area contributed by atoms with Gasteiger partial charge in [0.15, 0.2) is 0 Å². The first-order valence-corrected chi connectivity index (χ1v) is 6.65. The van der Waals surface area contributed by atoms with E-state index in [-0.39, 0.29) is 11.9 Å². The van der Waals surface area contributed by atoms with Gasteiger partial charge in [-0.25, -0.2) is 4.39 Å². The lowest BCUT2D eigenvalue weighted by Gasteiger charge is -2.18. The van der Waals surface area contributed by atoms with E-state index in [1.807, 2.05) is 38.2 Å². The van der Waals surface area contributed by atoms with Gasteiger partial charge < -0.3 is 5.32 Å². The maximum atomic E-state index is 13.3. The molecule has 2 aromatic carbocycles. The van der Waals surface area contributed by atoms with Gasteiger partial charge in [-0.05, 0) is 55.3 Å². The number of halogens is 2. The van der Waals surface area contributed by atoms with E-state index >= 15 is 0 Å². The Morgan fingerprint density at radius 3 is 2.63 bits per heavy atom. The highest BCUT2D eigenvalue weighted by Gasteiger charge is 2.12. The van der Waals surface area contributed by atoms with Crippen LogP contribution < -0.4 is 5.32 Å². The largest absolute Gasteiger partial charge is 0.313 e. The van der Waals surface area contributed by atoms with Gasteiger partial charge in [0.05, 0.1) is 0 Å². The summed E-state index contributed by atoms with van der Waals surface area (Å²) in [6, 6.07) is 12.7. The van der Waals surface area contributed by atoms with E-state index in [0.29, 0.717) is 0 Å². The standard InChI is InChI=1S/C16H17ClFN/c1-11-6-7-12(15(17)8-11)10-16(19-2)13-4-3-5-14(18)9-13/h3-9,16,19H,10H2,1-2H3. The topological polar surface area (TPSA) is 12.0 Å². The second-order valence-corrected chi connectivity index (χ2v) is 5.10. The van der Waals surface area contributed by atoms with Crippen LogP contribution in [0.2, 0.25) is 5.02 Å². The van der Waals surface area contributed by atoms with Crippen molar-refractivity contribution in [3.05, 3.63) is 70.0 Å². The van der Waals surface area contributed by atoms with E-state index in [4.69, 9.17) is 11.6 Å². The van der Waals surface area contributed by atoms with Gasteiger partial charge in [-0.3, -0.25) is 0 Å². The summed E-state index contributed by atoms with van der Waals surface area (Å²) in [6.07, 6.45) is 0.735. The predicted octanol–water partition coefficient (Wildman–Crippen LogP) is 4.29. The molecular formula is C16H17ClFN. The minimum Gasteiger partial charge on any atom is -0.313 e. The average Bonchev–Trinajstić information content (AvgIpc) is 2.38. The molecule has 100 valence electrons. The summed E-state index contributed by atoms with van der Waals surface area (Å²) in [7, 11) is 1.87. The molecule has 1 unspecified atom stereocenters. The van der Waals surface area contributed by atoms with Crippen molar-refractivity contribution in [2.45, 2.75) is 19.4 Å². The molecule has 1 atom stereocenters. The Morgan fingerprint density at radius 2 is 2.00 bits per heavy atom. The lowest BCUT2D eigenvalue weighted by atomic mass is 9.98. The third-order valence-electron chi connectivity index (χ3n) is 3.23. The van der Waals surface area contributed by atoms with Crippen LogP contribution in [0.5, 0.6) is 0 Å². The molecule has 3 heteroatoms. The molecule has 0 aliphatic carbocycles. The molecule has 1 nitrogen and oxygen atoms in total. The van der Waals surface area contributed by atoms with Gasteiger partial charge in [0, 0.05) is 11.1 Å². The fourth-order valence-corrected chi connectivity index (χ4v) is 2.46. The quantitative estimate of drug-likeness (QED) is 0.879. The van der Waals surface area contributed by atoms with Crippen molar-refractivity contribution in [2.24, 2.45) is 0 Å². The van der Waals surface area contributed by atoms with Crippen LogP contribution in [0.4, 0.5) is 4.39 Å². The summed E-state index contributed by atoms with van der Waals surface area (Å²) in [5.74, 6) is -0.215. The van der Waals surface area contributed by atoms with Gasteiger partial charge in [0.25, 0.3) is 0 Å². The molecule has 0 radical (unpaired) electrons. The van der Waals surface area contributed by atoms with Crippen LogP contribution in [0, 0.1) is 12.7 Å². The molecule has 19 heavy (non-hydrogen) atoms. The van der Waals surface area contributed by atoms with Crippen LogP contribution in [-0.2, 0) is 6.42 Å². The van der Waals surface area contributed by atoms with Gasteiger partial charge in [-0.15, -0.1) is 0 Å². The van der Waals surface area contributed by atoms with Crippen LogP contribution in [0.25, 0.3) is 0 Å². The minimum absolute atomic E-state index is 0.0518. The predicted molar refractivity (Wildman–Crippen MR) is 78.1 cm³/mol. The zero-order valence-corrected chi connectivity index (χ0v) is 11.8. The molecule has 1 N–H and O–H groups in total. The second-order valence-electron chi connectivity index (χ2n) is 4.70. The Morgan fingerprint density at radius 1 is 1.21 bits per heavy atom. The highest BCUT2D eigenvalue weighted by atomic mass is 35.5. The molecule has 2 rings (SSSR count). The Balaban J connectivity index is 2.24. The Labute approximate surface area is 118 Å². The van der Waals surface area contributed by atoms with E-state index < -0.39 is 0 Å². The van der Waals surface area contributed by atoms with E-state index in [1.54, 1.807) is 12.1 Å². The van der Waals surface area contributed by atoms with E-state index in [2.05, 4.69) is 5.32 Å². The number of benzene rings is 2. The number of nitrogens with one attached hydrogen (secondary N) is 1. The fourth-order valence-electron chi connectivity index (χ4n) is 2.15. The molecule has 0 spiro atoms. The number of rotatable bonds is 4. The third kappa shape index (κ3) is 3.55. The van der Waals surface area contributed by atoms with Gasteiger partial charge in [-0.1, -0.05) is 35.9 Å². The van der Waals surface area contributed by atoms with Gasteiger partial charge in [0.1, 0.15) is 5.82 Å². The van der Waals surface area contributed by atoms with Crippen molar-refractivity contribution < 1.29 is 4.39 Å². The number of hydrogen-bond acceptors (Lipinski definition) is 1. The van der Waals surface area contributed by atoms with Crippen molar-refractivity contribution in [2.75, 3.05) is 7.05 Å². The first kappa shape index (κ1) is 14.0. The van der Waals surface area contributed by atoms with Crippen molar-refractivity contribution in [3.63, 3.8) is 0 Å². The Kier molecular flexibility index (Phi) is 4.56. The summed E-state index contributed by atoms with van der Waals surface area (Å²) in [4.78, 5) is 0. The molecule has 0 aromatic heterocycles. The van der Waals surface area contributed by atoms with Crippen molar-refractivity contribution >= 4 is 11.6 Å². The van der Waals surface area contributed by atoms with Crippen LogP contribution in [-0.4, -0.2) is 7.05 Å². The fraction of sp³-hybridized carbons (Fsp3) is 0.250. The van der Waals surface area contributed by atoms with Crippen molar-refractivity contribution in [3.8, 4) is 0 Å². The van der Waals surface area contributed by atoms with Crippen LogP contribution in [0.15, 0.2) is 42.5 Å².